The van der Waals surface area contributed by atoms with Gasteiger partial charge < -0.3 is 11.1 Å². The zero-order valence-corrected chi connectivity index (χ0v) is 16.4. The number of aromatic nitrogens is 3. The zero-order chi connectivity index (χ0) is 16.5. The maximum Gasteiger partial charge on any atom is 0.252 e. The smallest absolute Gasteiger partial charge is 0.252 e. The molecule has 136 valence electrons. The SMILES string of the molecule is CCC(C)n1ncc2c(C(=O)NC(C)(C)CN)cc(C)nc21.Cl.Cl. The predicted molar refractivity (Wildman–Crippen MR) is 102 cm³/mol. The first kappa shape index (κ1) is 22.6. The molecular weight excluding hydrogens is 349 g/mol. The molecule has 6 nitrogen and oxygen atoms in total. The highest BCUT2D eigenvalue weighted by molar-refractivity contribution is 6.05. The molecule has 2 rings (SSSR count). The summed E-state index contributed by atoms with van der Waals surface area (Å²) in [5.41, 5.74) is 7.39. The molecule has 0 saturated heterocycles. The average Bonchev–Trinajstić information content (AvgIpc) is 2.88. The Morgan fingerprint density at radius 1 is 1.42 bits per heavy atom. The molecule has 0 aromatic carbocycles. The molecule has 1 unspecified atom stereocenters. The Balaban J connectivity index is 0.00000264. The maximum absolute atomic E-state index is 12.6. The molecule has 1 atom stereocenters. The molecule has 0 saturated carbocycles. The molecule has 2 aromatic heterocycles. The van der Waals surface area contributed by atoms with E-state index in [0.717, 1.165) is 23.1 Å². The molecule has 0 bridgehead atoms. The quantitative estimate of drug-likeness (QED) is 0.840. The molecule has 0 spiro atoms. The van der Waals surface area contributed by atoms with Crippen molar-refractivity contribution in [2.45, 2.75) is 52.6 Å². The third kappa shape index (κ3) is 4.59. The summed E-state index contributed by atoms with van der Waals surface area (Å²) in [5, 5.41) is 8.16. The zero-order valence-electron chi connectivity index (χ0n) is 14.8. The Morgan fingerprint density at radius 3 is 2.58 bits per heavy atom. The highest BCUT2D eigenvalue weighted by atomic mass is 35.5. The number of nitrogens with one attached hydrogen (secondary N) is 1. The van der Waals surface area contributed by atoms with Crippen molar-refractivity contribution in [2.75, 3.05) is 6.54 Å². The van der Waals surface area contributed by atoms with Gasteiger partial charge in [-0.05, 0) is 40.2 Å². The number of carbonyl (C=O) groups excluding carboxylic acids is 1. The van der Waals surface area contributed by atoms with Crippen molar-refractivity contribution in [3.63, 3.8) is 0 Å². The number of rotatable bonds is 5. The van der Waals surface area contributed by atoms with Crippen molar-refractivity contribution >= 4 is 41.8 Å². The molecule has 2 heterocycles. The second-order valence-corrected chi connectivity index (χ2v) is 6.44. The molecule has 3 N–H and O–H groups in total. The van der Waals surface area contributed by atoms with Crippen LogP contribution in [0.3, 0.4) is 0 Å². The summed E-state index contributed by atoms with van der Waals surface area (Å²) in [6.07, 6.45) is 2.67. The number of pyridine rings is 1. The summed E-state index contributed by atoms with van der Waals surface area (Å²) in [5.74, 6) is -0.144. The van der Waals surface area contributed by atoms with Crippen LogP contribution in [0.2, 0.25) is 0 Å². The first-order valence-electron chi connectivity index (χ1n) is 7.66. The highest BCUT2D eigenvalue weighted by Crippen LogP contribution is 2.22. The number of amides is 1. The third-order valence-electron chi connectivity index (χ3n) is 3.91. The Labute approximate surface area is 155 Å². The summed E-state index contributed by atoms with van der Waals surface area (Å²) in [6.45, 7) is 10.3. The largest absolute Gasteiger partial charge is 0.346 e. The first-order valence-corrected chi connectivity index (χ1v) is 7.66. The van der Waals surface area contributed by atoms with Gasteiger partial charge in [-0.2, -0.15) is 5.10 Å². The summed E-state index contributed by atoms with van der Waals surface area (Å²) < 4.78 is 1.88. The minimum absolute atomic E-state index is 0. The number of nitrogens with zero attached hydrogens (tertiary/aromatic N) is 3. The van der Waals surface area contributed by atoms with Crippen LogP contribution in [0, 0.1) is 6.92 Å². The van der Waals surface area contributed by atoms with E-state index in [0.29, 0.717) is 12.1 Å². The second kappa shape index (κ2) is 8.65. The van der Waals surface area contributed by atoms with E-state index >= 15 is 0 Å². The minimum atomic E-state index is -0.451. The van der Waals surface area contributed by atoms with Crippen LogP contribution in [-0.4, -0.2) is 32.8 Å². The van der Waals surface area contributed by atoms with Crippen molar-refractivity contribution in [1.82, 2.24) is 20.1 Å². The summed E-state index contributed by atoms with van der Waals surface area (Å²) >= 11 is 0. The van der Waals surface area contributed by atoms with Crippen LogP contribution in [0.5, 0.6) is 0 Å². The lowest BCUT2D eigenvalue weighted by molar-refractivity contribution is 0.0917. The molecule has 0 fully saturated rings. The van der Waals surface area contributed by atoms with Gasteiger partial charge in [0.25, 0.3) is 5.91 Å². The van der Waals surface area contributed by atoms with Gasteiger partial charge in [-0.1, -0.05) is 6.92 Å². The van der Waals surface area contributed by atoms with Crippen molar-refractivity contribution in [3.8, 4) is 0 Å². The Morgan fingerprint density at radius 2 is 2.04 bits per heavy atom. The molecule has 1 amide bonds. The topological polar surface area (TPSA) is 85.8 Å². The van der Waals surface area contributed by atoms with E-state index in [9.17, 15) is 4.79 Å². The van der Waals surface area contributed by atoms with Gasteiger partial charge in [0.2, 0.25) is 0 Å². The van der Waals surface area contributed by atoms with Crippen LogP contribution in [0.1, 0.15) is 56.2 Å². The third-order valence-corrected chi connectivity index (χ3v) is 3.91. The molecule has 24 heavy (non-hydrogen) atoms. The van der Waals surface area contributed by atoms with Crippen molar-refractivity contribution < 1.29 is 4.79 Å². The molecule has 2 aromatic rings. The number of carbonyl (C=O) groups is 1. The molecule has 0 aliphatic heterocycles. The summed E-state index contributed by atoms with van der Waals surface area (Å²) in [4.78, 5) is 17.2. The maximum atomic E-state index is 12.6. The molecule has 8 heteroatoms. The van der Waals surface area contributed by atoms with Crippen LogP contribution in [0.15, 0.2) is 12.3 Å². The number of nitrogens with two attached hydrogens (primary N) is 1. The van der Waals surface area contributed by atoms with E-state index in [-0.39, 0.29) is 36.8 Å². The fraction of sp³-hybridized carbons (Fsp3) is 0.562. The lowest BCUT2D eigenvalue weighted by Crippen LogP contribution is -2.48. The second-order valence-electron chi connectivity index (χ2n) is 6.44. The molecule has 0 aliphatic carbocycles. The standard InChI is InChI=1S/C16H25N5O.2ClH/c1-6-11(3)21-14-13(8-18-21)12(7-10(2)19-14)15(22)20-16(4,5)9-17;;/h7-8,11H,6,9,17H2,1-5H3,(H,20,22);2*1H. The van der Waals surface area contributed by atoms with E-state index in [1.54, 1.807) is 12.3 Å². The number of hydrogen-bond acceptors (Lipinski definition) is 4. The average molecular weight is 376 g/mol. The molecule has 0 aliphatic rings. The summed E-state index contributed by atoms with van der Waals surface area (Å²) in [6, 6.07) is 2.04. The van der Waals surface area contributed by atoms with E-state index in [1.165, 1.54) is 0 Å². The van der Waals surface area contributed by atoms with Gasteiger partial charge in [0.05, 0.1) is 23.2 Å². The minimum Gasteiger partial charge on any atom is -0.346 e. The Hall–Kier alpha value is -1.37. The molecular formula is C16H27Cl2N5O. The monoisotopic (exact) mass is 375 g/mol. The van der Waals surface area contributed by atoms with Gasteiger partial charge in [-0.25, -0.2) is 9.67 Å². The van der Waals surface area contributed by atoms with Gasteiger partial charge in [0, 0.05) is 17.8 Å². The van der Waals surface area contributed by atoms with E-state index in [1.807, 2.05) is 25.5 Å². The van der Waals surface area contributed by atoms with Gasteiger partial charge in [-0.3, -0.25) is 4.79 Å². The fourth-order valence-electron chi connectivity index (χ4n) is 2.25. The van der Waals surface area contributed by atoms with Crippen LogP contribution >= 0.6 is 24.8 Å². The lowest BCUT2D eigenvalue weighted by Gasteiger charge is -2.24. The predicted octanol–water partition coefficient (Wildman–Crippen LogP) is 3.02. The van der Waals surface area contributed by atoms with Crippen molar-refractivity contribution in [2.24, 2.45) is 5.73 Å². The normalized spacial score (nSPS) is 12.2. The van der Waals surface area contributed by atoms with Crippen molar-refractivity contribution in [1.29, 1.82) is 0 Å². The van der Waals surface area contributed by atoms with Crippen LogP contribution in [-0.2, 0) is 0 Å². The van der Waals surface area contributed by atoms with E-state index in [2.05, 4.69) is 29.2 Å². The summed E-state index contributed by atoms with van der Waals surface area (Å²) in [7, 11) is 0. The van der Waals surface area contributed by atoms with Crippen LogP contribution in [0.25, 0.3) is 11.0 Å². The number of fused-ring (bicyclic) bond motifs is 1. The Bertz CT molecular complexity index is 699. The van der Waals surface area contributed by atoms with Gasteiger partial charge >= 0.3 is 0 Å². The van der Waals surface area contributed by atoms with Gasteiger partial charge in [-0.15, -0.1) is 24.8 Å². The van der Waals surface area contributed by atoms with Gasteiger partial charge in [0.1, 0.15) is 0 Å². The van der Waals surface area contributed by atoms with E-state index < -0.39 is 5.54 Å². The number of halogens is 2. The first-order chi connectivity index (χ1) is 10.3. The van der Waals surface area contributed by atoms with Crippen molar-refractivity contribution in [3.05, 3.63) is 23.5 Å². The fourth-order valence-corrected chi connectivity index (χ4v) is 2.25. The lowest BCUT2D eigenvalue weighted by atomic mass is 10.0. The number of hydrogen-bond donors (Lipinski definition) is 2. The number of aryl methyl sites for hydroxylation is 1. The van der Waals surface area contributed by atoms with Gasteiger partial charge in [0.15, 0.2) is 5.65 Å². The van der Waals surface area contributed by atoms with Crippen LogP contribution in [0.4, 0.5) is 0 Å². The highest BCUT2D eigenvalue weighted by Gasteiger charge is 2.22. The van der Waals surface area contributed by atoms with Crippen LogP contribution < -0.4 is 11.1 Å². The Kier molecular flexibility index (Phi) is 8.15. The van der Waals surface area contributed by atoms with E-state index in [4.69, 9.17) is 5.73 Å². The molecule has 0 radical (unpaired) electrons.